The van der Waals surface area contributed by atoms with Crippen LogP contribution < -0.4 is 4.90 Å². The Hall–Kier alpha value is -1.63. The lowest BCUT2D eigenvalue weighted by atomic mass is 10.0. The molecule has 112 valence electrons. The van der Waals surface area contributed by atoms with Gasteiger partial charge in [-0.3, -0.25) is 0 Å². The summed E-state index contributed by atoms with van der Waals surface area (Å²) in [7, 11) is 0. The first kappa shape index (κ1) is 15.8. The van der Waals surface area contributed by atoms with Crippen molar-refractivity contribution in [2.45, 2.75) is 26.2 Å². The number of nitriles is 2. The van der Waals surface area contributed by atoms with Gasteiger partial charge in [-0.1, -0.05) is 0 Å². The van der Waals surface area contributed by atoms with Gasteiger partial charge in [0.2, 0.25) is 0 Å². The summed E-state index contributed by atoms with van der Waals surface area (Å²) in [5, 5.41) is 21.0. The van der Waals surface area contributed by atoms with E-state index in [1.807, 2.05) is 6.92 Å². The maximum Gasteiger partial charge on any atom is 0.185 e. The van der Waals surface area contributed by atoms with E-state index in [9.17, 15) is 5.26 Å². The van der Waals surface area contributed by atoms with Gasteiger partial charge >= 0.3 is 0 Å². The number of hydrogen-bond acceptors (Lipinski definition) is 6. The molecule has 1 saturated heterocycles. The molecule has 1 aromatic heterocycles. The molecule has 2 rings (SSSR count). The molecule has 1 fully saturated rings. The molecule has 0 amide bonds. The molecule has 0 aromatic carbocycles. The second-order valence-electron chi connectivity index (χ2n) is 5.44. The fourth-order valence-electron chi connectivity index (χ4n) is 2.58. The first-order valence-corrected chi connectivity index (χ1v) is 8.27. The van der Waals surface area contributed by atoms with Crippen LogP contribution in [0, 0.1) is 35.5 Å². The van der Waals surface area contributed by atoms with E-state index in [1.54, 1.807) is 11.3 Å². The third kappa shape index (κ3) is 4.70. The lowest BCUT2D eigenvalue weighted by Crippen LogP contribution is -2.33. The van der Waals surface area contributed by atoms with Crippen LogP contribution in [-0.4, -0.2) is 42.6 Å². The van der Waals surface area contributed by atoms with Gasteiger partial charge in [0.25, 0.3) is 0 Å². The minimum Gasteiger partial charge on any atom is -0.347 e. The first-order chi connectivity index (χ1) is 10.2. The summed E-state index contributed by atoms with van der Waals surface area (Å²) in [5.74, 6) is -0.0293. The average molecular weight is 303 g/mol. The van der Waals surface area contributed by atoms with E-state index < -0.39 is 0 Å². The lowest BCUT2D eigenvalue weighted by molar-refractivity contribution is 0.262. The Labute approximate surface area is 130 Å². The van der Waals surface area contributed by atoms with E-state index in [1.165, 1.54) is 0 Å². The second-order valence-corrected chi connectivity index (χ2v) is 6.27. The Balaban J connectivity index is 1.86. The molecule has 1 aromatic rings. The normalized spacial score (nSPS) is 17.8. The fourth-order valence-corrected chi connectivity index (χ4v) is 3.44. The molecule has 0 spiro atoms. The van der Waals surface area contributed by atoms with Gasteiger partial charge in [-0.2, -0.15) is 10.5 Å². The van der Waals surface area contributed by atoms with Gasteiger partial charge in [0.05, 0.1) is 23.8 Å². The summed E-state index contributed by atoms with van der Waals surface area (Å²) < 4.78 is 0. The van der Waals surface area contributed by atoms with Crippen molar-refractivity contribution < 1.29 is 0 Å². The van der Waals surface area contributed by atoms with Crippen LogP contribution in [0.1, 0.15) is 25.0 Å². The average Bonchev–Trinajstić information content (AvgIpc) is 2.79. The molecule has 21 heavy (non-hydrogen) atoms. The molecule has 5 nitrogen and oxygen atoms in total. The van der Waals surface area contributed by atoms with E-state index >= 15 is 0 Å². The molecule has 6 heteroatoms. The Morgan fingerprint density at radius 3 is 2.86 bits per heavy atom. The van der Waals surface area contributed by atoms with Crippen LogP contribution in [0.3, 0.4) is 0 Å². The quantitative estimate of drug-likeness (QED) is 0.835. The Kier molecular flexibility index (Phi) is 5.98. The van der Waals surface area contributed by atoms with Crippen LogP contribution in [0.2, 0.25) is 0 Å². The fraction of sp³-hybridized carbons (Fsp3) is 0.667. The van der Waals surface area contributed by atoms with Crippen LogP contribution in [0.25, 0.3) is 0 Å². The van der Waals surface area contributed by atoms with Crippen molar-refractivity contribution >= 4 is 16.5 Å². The zero-order valence-corrected chi connectivity index (χ0v) is 13.3. The maximum absolute atomic E-state index is 9.18. The van der Waals surface area contributed by atoms with Crippen molar-refractivity contribution in [2.75, 3.05) is 37.6 Å². The zero-order chi connectivity index (χ0) is 15.1. The molecule has 1 aliphatic heterocycles. The summed E-state index contributed by atoms with van der Waals surface area (Å²) in [6, 6.07) is 4.46. The standard InChI is InChI=1S/C15H21N5S/c1-13-12-21-15(18-13)20-7-3-6-19(8-9-20)11-14(10-17)4-2-5-16/h12,14H,2-4,6-9,11H2,1H3. The molecule has 0 saturated carbocycles. The van der Waals surface area contributed by atoms with Crippen LogP contribution >= 0.6 is 11.3 Å². The molecule has 1 aliphatic rings. The molecule has 0 bridgehead atoms. The largest absolute Gasteiger partial charge is 0.347 e. The van der Waals surface area contributed by atoms with E-state index in [4.69, 9.17) is 5.26 Å². The number of rotatable bonds is 5. The summed E-state index contributed by atoms with van der Waals surface area (Å²) in [6.45, 7) is 6.77. The van der Waals surface area contributed by atoms with Crippen LogP contribution in [-0.2, 0) is 0 Å². The van der Waals surface area contributed by atoms with Gasteiger partial charge in [0.15, 0.2) is 5.13 Å². The Bertz CT molecular complexity index is 527. The number of aromatic nitrogens is 1. The third-order valence-corrected chi connectivity index (χ3v) is 4.75. The molecular formula is C15H21N5S. The zero-order valence-electron chi connectivity index (χ0n) is 12.5. The molecule has 1 atom stereocenters. The van der Waals surface area contributed by atoms with Crippen molar-refractivity contribution in [3.05, 3.63) is 11.1 Å². The predicted octanol–water partition coefficient (Wildman–Crippen LogP) is 2.41. The van der Waals surface area contributed by atoms with E-state index in [-0.39, 0.29) is 5.92 Å². The van der Waals surface area contributed by atoms with E-state index in [2.05, 4.69) is 32.3 Å². The maximum atomic E-state index is 9.18. The second kappa shape index (κ2) is 7.97. The van der Waals surface area contributed by atoms with Gasteiger partial charge in [-0.15, -0.1) is 11.3 Å². The summed E-state index contributed by atoms with van der Waals surface area (Å²) in [5.41, 5.74) is 1.08. The van der Waals surface area contributed by atoms with Crippen molar-refractivity contribution in [1.82, 2.24) is 9.88 Å². The number of thiazole rings is 1. The molecular weight excluding hydrogens is 282 g/mol. The minimum absolute atomic E-state index is 0.0293. The monoisotopic (exact) mass is 303 g/mol. The van der Waals surface area contributed by atoms with Gasteiger partial charge in [0, 0.05) is 38.0 Å². The number of anilines is 1. The molecule has 1 unspecified atom stereocenters. The lowest BCUT2D eigenvalue weighted by Gasteiger charge is -2.23. The van der Waals surface area contributed by atoms with Gasteiger partial charge in [-0.05, 0) is 26.3 Å². The topological polar surface area (TPSA) is 67.0 Å². The van der Waals surface area contributed by atoms with Crippen molar-refractivity contribution in [3.63, 3.8) is 0 Å². The smallest absolute Gasteiger partial charge is 0.185 e. The van der Waals surface area contributed by atoms with Crippen molar-refractivity contribution in [3.8, 4) is 12.1 Å². The summed E-state index contributed by atoms with van der Waals surface area (Å²) in [4.78, 5) is 9.25. The summed E-state index contributed by atoms with van der Waals surface area (Å²) >= 11 is 1.70. The third-order valence-electron chi connectivity index (χ3n) is 3.73. The van der Waals surface area contributed by atoms with E-state index in [0.29, 0.717) is 12.8 Å². The molecule has 2 heterocycles. The van der Waals surface area contributed by atoms with Gasteiger partial charge in [-0.25, -0.2) is 4.98 Å². The van der Waals surface area contributed by atoms with Crippen molar-refractivity contribution in [2.24, 2.45) is 5.92 Å². The highest BCUT2D eigenvalue weighted by atomic mass is 32.1. The SMILES string of the molecule is Cc1csc(N2CCCN(CC(C#N)CCC#N)CC2)n1. The van der Waals surface area contributed by atoms with E-state index in [0.717, 1.165) is 50.0 Å². The van der Waals surface area contributed by atoms with Crippen LogP contribution in [0.4, 0.5) is 5.13 Å². The number of nitrogens with zero attached hydrogens (tertiary/aromatic N) is 5. The molecule has 0 aliphatic carbocycles. The van der Waals surface area contributed by atoms with Crippen LogP contribution in [0.15, 0.2) is 5.38 Å². The minimum atomic E-state index is -0.0293. The van der Waals surface area contributed by atoms with Crippen LogP contribution in [0.5, 0.6) is 0 Å². The van der Waals surface area contributed by atoms with Gasteiger partial charge < -0.3 is 9.80 Å². The highest BCUT2D eigenvalue weighted by molar-refractivity contribution is 7.13. The van der Waals surface area contributed by atoms with Crippen molar-refractivity contribution in [1.29, 1.82) is 10.5 Å². The molecule has 0 radical (unpaired) electrons. The Morgan fingerprint density at radius 2 is 2.19 bits per heavy atom. The Morgan fingerprint density at radius 1 is 1.33 bits per heavy atom. The first-order valence-electron chi connectivity index (χ1n) is 7.39. The highest BCUT2D eigenvalue weighted by Crippen LogP contribution is 2.21. The highest BCUT2D eigenvalue weighted by Gasteiger charge is 2.19. The number of aryl methyl sites for hydroxylation is 1. The number of hydrogen-bond donors (Lipinski definition) is 0. The molecule has 0 N–H and O–H groups in total. The van der Waals surface area contributed by atoms with Gasteiger partial charge in [0.1, 0.15) is 0 Å². The predicted molar refractivity (Wildman–Crippen MR) is 84.1 cm³/mol. The summed E-state index contributed by atoms with van der Waals surface area (Å²) in [6.07, 6.45) is 2.24.